The van der Waals surface area contributed by atoms with Gasteiger partial charge in [-0.1, -0.05) is 11.6 Å². The van der Waals surface area contributed by atoms with Crippen molar-refractivity contribution in [1.29, 1.82) is 0 Å². The van der Waals surface area contributed by atoms with E-state index in [0.29, 0.717) is 12.2 Å². The topological polar surface area (TPSA) is 78.5 Å². The number of carbonyl (C=O) groups excluding carboxylic acids is 3. The van der Waals surface area contributed by atoms with E-state index in [1.165, 1.54) is 13.0 Å². The van der Waals surface area contributed by atoms with Crippen LogP contribution in [0.4, 0.5) is 15.8 Å². The van der Waals surface area contributed by atoms with Crippen molar-refractivity contribution in [3.8, 4) is 0 Å². The molecule has 152 valence electrons. The van der Waals surface area contributed by atoms with Crippen LogP contribution < -0.4 is 15.5 Å². The van der Waals surface area contributed by atoms with Crippen LogP contribution in [0.3, 0.4) is 0 Å². The molecule has 2 aromatic carbocycles. The molecule has 8 heteroatoms. The molecule has 29 heavy (non-hydrogen) atoms. The number of nitrogens with one attached hydrogen (secondary N) is 2. The first-order valence-electron chi connectivity index (χ1n) is 9.29. The van der Waals surface area contributed by atoms with Crippen LogP contribution >= 0.6 is 11.6 Å². The fraction of sp³-hybridized carbons (Fsp3) is 0.286. The highest BCUT2D eigenvalue weighted by Gasteiger charge is 2.20. The second kappa shape index (κ2) is 9.05. The molecule has 2 N–H and O–H groups in total. The zero-order valence-corrected chi connectivity index (χ0v) is 16.7. The minimum absolute atomic E-state index is 0.000245. The Hall–Kier alpha value is -2.93. The van der Waals surface area contributed by atoms with E-state index in [1.807, 2.05) is 12.1 Å². The summed E-state index contributed by atoms with van der Waals surface area (Å²) < 4.78 is 13.1. The summed E-state index contributed by atoms with van der Waals surface area (Å²) in [5.41, 5.74) is 2.69. The van der Waals surface area contributed by atoms with Crippen molar-refractivity contribution in [2.45, 2.75) is 26.2 Å². The molecule has 0 spiro atoms. The number of halogens is 2. The van der Waals surface area contributed by atoms with E-state index in [1.54, 1.807) is 11.0 Å². The Morgan fingerprint density at radius 1 is 1.17 bits per heavy atom. The minimum Gasteiger partial charge on any atom is -0.351 e. The predicted molar refractivity (Wildman–Crippen MR) is 110 cm³/mol. The lowest BCUT2D eigenvalue weighted by Gasteiger charge is -2.29. The smallest absolute Gasteiger partial charge is 0.252 e. The number of rotatable bonds is 5. The monoisotopic (exact) mass is 417 g/mol. The largest absolute Gasteiger partial charge is 0.351 e. The highest BCUT2D eigenvalue weighted by atomic mass is 35.5. The molecule has 0 atom stereocenters. The van der Waals surface area contributed by atoms with Crippen LogP contribution in [0.15, 0.2) is 36.4 Å². The first-order valence-corrected chi connectivity index (χ1v) is 9.67. The number of aryl methyl sites for hydroxylation is 1. The average Bonchev–Trinajstić information content (AvgIpc) is 2.67. The summed E-state index contributed by atoms with van der Waals surface area (Å²) in [5.74, 6) is -1.25. The number of hydrogen-bond donors (Lipinski definition) is 2. The van der Waals surface area contributed by atoms with E-state index < -0.39 is 11.7 Å². The Morgan fingerprint density at radius 3 is 2.69 bits per heavy atom. The number of amides is 3. The van der Waals surface area contributed by atoms with Crippen molar-refractivity contribution >= 4 is 40.7 Å². The predicted octanol–water partition coefficient (Wildman–Crippen LogP) is 3.54. The quantitative estimate of drug-likeness (QED) is 0.781. The van der Waals surface area contributed by atoms with Gasteiger partial charge in [0, 0.05) is 37.8 Å². The number of carbonyl (C=O) groups is 3. The van der Waals surface area contributed by atoms with Gasteiger partial charge in [-0.2, -0.15) is 0 Å². The van der Waals surface area contributed by atoms with Gasteiger partial charge in [-0.05, 0) is 54.8 Å². The second-order valence-electron chi connectivity index (χ2n) is 6.80. The molecule has 0 radical (unpaired) electrons. The zero-order valence-electron chi connectivity index (χ0n) is 15.9. The molecule has 2 aromatic rings. The van der Waals surface area contributed by atoms with Crippen LogP contribution in [0.25, 0.3) is 0 Å². The minimum atomic E-state index is -0.526. The maximum Gasteiger partial charge on any atom is 0.252 e. The third-order valence-corrected chi connectivity index (χ3v) is 4.99. The van der Waals surface area contributed by atoms with Crippen molar-refractivity contribution in [3.63, 3.8) is 0 Å². The molecule has 1 heterocycles. The lowest BCUT2D eigenvalue weighted by atomic mass is 10.0. The van der Waals surface area contributed by atoms with Gasteiger partial charge in [0.1, 0.15) is 5.82 Å². The number of anilines is 2. The van der Waals surface area contributed by atoms with Crippen molar-refractivity contribution in [3.05, 3.63) is 58.4 Å². The molecule has 6 nitrogen and oxygen atoms in total. The second-order valence-corrected chi connectivity index (χ2v) is 7.20. The van der Waals surface area contributed by atoms with Gasteiger partial charge in [0.2, 0.25) is 11.8 Å². The molecule has 1 aliphatic rings. The summed E-state index contributed by atoms with van der Waals surface area (Å²) in [6.45, 7) is 2.35. The highest BCUT2D eigenvalue weighted by Crippen LogP contribution is 2.29. The molecule has 3 amide bonds. The van der Waals surface area contributed by atoms with Gasteiger partial charge in [0.25, 0.3) is 5.91 Å². The van der Waals surface area contributed by atoms with Gasteiger partial charge in [-0.3, -0.25) is 14.4 Å². The molecule has 0 aliphatic carbocycles. The third kappa shape index (κ3) is 5.12. The van der Waals surface area contributed by atoms with E-state index in [2.05, 4.69) is 10.6 Å². The van der Waals surface area contributed by atoms with Crippen molar-refractivity contribution in [1.82, 2.24) is 5.32 Å². The molecule has 1 aliphatic heterocycles. The van der Waals surface area contributed by atoms with E-state index in [4.69, 9.17) is 11.6 Å². The number of fused-ring (bicyclic) bond motifs is 1. The van der Waals surface area contributed by atoms with Crippen LogP contribution in [0.1, 0.15) is 35.7 Å². The van der Waals surface area contributed by atoms with E-state index in [9.17, 15) is 18.8 Å². The van der Waals surface area contributed by atoms with Crippen molar-refractivity contribution in [2.75, 3.05) is 23.3 Å². The third-order valence-electron chi connectivity index (χ3n) is 4.68. The van der Waals surface area contributed by atoms with Gasteiger partial charge in [0.15, 0.2) is 0 Å². The number of hydrogen-bond acceptors (Lipinski definition) is 3. The number of benzene rings is 2. The van der Waals surface area contributed by atoms with Crippen LogP contribution in [0.2, 0.25) is 5.02 Å². The molecular weight excluding hydrogens is 397 g/mol. The lowest BCUT2D eigenvalue weighted by Crippen LogP contribution is -2.33. The first kappa shape index (κ1) is 20.8. The standard InChI is InChI=1S/C21H21ClFN3O3/c1-13(27)26-10-2-3-14-11-16(5-7-19(14)26)25-20(28)8-9-24-21(29)17-6-4-15(23)12-18(17)22/h4-7,11-12H,2-3,8-10H2,1H3,(H,24,29)(H,25,28). The Bertz CT molecular complexity index is 964. The lowest BCUT2D eigenvalue weighted by molar-refractivity contribution is -0.117. The molecule has 0 fully saturated rings. The molecule has 0 saturated heterocycles. The van der Waals surface area contributed by atoms with Crippen LogP contribution in [0, 0.1) is 5.82 Å². The fourth-order valence-corrected chi connectivity index (χ4v) is 3.54. The SMILES string of the molecule is CC(=O)N1CCCc2cc(NC(=O)CCNC(=O)c3ccc(F)cc3Cl)ccc21. The van der Waals surface area contributed by atoms with Gasteiger partial charge < -0.3 is 15.5 Å². The van der Waals surface area contributed by atoms with Gasteiger partial charge in [0.05, 0.1) is 10.6 Å². The summed E-state index contributed by atoms with van der Waals surface area (Å²) in [4.78, 5) is 37.7. The first-order chi connectivity index (χ1) is 13.8. The normalized spacial score (nSPS) is 12.9. The maximum absolute atomic E-state index is 13.1. The Morgan fingerprint density at radius 2 is 1.97 bits per heavy atom. The molecule has 0 saturated carbocycles. The summed E-state index contributed by atoms with van der Waals surface area (Å²) in [6, 6.07) is 8.98. The van der Waals surface area contributed by atoms with E-state index >= 15 is 0 Å². The Balaban J connectivity index is 1.53. The zero-order chi connectivity index (χ0) is 21.0. The molecule has 3 rings (SSSR count). The maximum atomic E-state index is 13.1. The van der Waals surface area contributed by atoms with E-state index in [-0.39, 0.29) is 35.4 Å². The highest BCUT2D eigenvalue weighted by molar-refractivity contribution is 6.33. The van der Waals surface area contributed by atoms with Crippen LogP contribution in [-0.2, 0) is 16.0 Å². The summed E-state index contributed by atoms with van der Waals surface area (Å²) in [6.07, 6.45) is 1.79. The fourth-order valence-electron chi connectivity index (χ4n) is 3.28. The molecule has 0 unspecified atom stereocenters. The summed E-state index contributed by atoms with van der Waals surface area (Å²) in [7, 11) is 0. The Labute approximate surface area is 173 Å². The number of nitrogens with zero attached hydrogens (tertiary/aromatic N) is 1. The van der Waals surface area contributed by atoms with E-state index in [0.717, 1.165) is 36.2 Å². The summed E-state index contributed by atoms with van der Waals surface area (Å²) >= 11 is 5.86. The average molecular weight is 418 g/mol. The molecule has 0 bridgehead atoms. The van der Waals surface area contributed by atoms with Crippen LogP contribution in [-0.4, -0.2) is 30.8 Å². The van der Waals surface area contributed by atoms with Crippen molar-refractivity contribution in [2.24, 2.45) is 0 Å². The van der Waals surface area contributed by atoms with Gasteiger partial charge in [-0.25, -0.2) is 4.39 Å². The molecule has 0 aromatic heterocycles. The summed E-state index contributed by atoms with van der Waals surface area (Å²) in [5, 5.41) is 5.41. The van der Waals surface area contributed by atoms with Crippen molar-refractivity contribution < 1.29 is 18.8 Å². The van der Waals surface area contributed by atoms with Crippen LogP contribution in [0.5, 0.6) is 0 Å². The Kier molecular flexibility index (Phi) is 6.49. The van der Waals surface area contributed by atoms with Gasteiger partial charge in [-0.15, -0.1) is 0 Å². The van der Waals surface area contributed by atoms with Gasteiger partial charge >= 0.3 is 0 Å². The molecular formula is C21H21ClFN3O3.